The van der Waals surface area contributed by atoms with Gasteiger partial charge in [0, 0.05) is 20.3 Å². The van der Waals surface area contributed by atoms with Crippen LogP contribution in [0.4, 0.5) is 0 Å². The molecule has 0 aliphatic carbocycles. The summed E-state index contributed by atoms with van der Waals surface area (Å²) in [6, 6.07) is 0. The number of unbranched alkanes of at least 4 members (excludes halogenated alkanes) is 13. The summed E-state index contributed by atoms with van der Waals surface area (Å²) in [5.41, 5.74) is 0. The van der Waals surface area contributed by atoms with Crippen molar-refractivity contribution in [1.82, 2.24) is 0 Å². The number of hydrogen-bond acceptors (Lipinski definition) is 4. The molecule has 0 aliphatic rings. The van der Waals surface area contributed by atoms with E-state index in [1.165, 1.54) is 77.0 Å². The molecule has 0 saturated carbocycles. The van der Waals surface area contributed by atoms with Gasteiger partial charge in [-0.2, -0.15) is 0 Å². The molecule has 4 nitrogen and oxygen atoms in total. The molecule has 0 rings (SSSR count). The summed E-state index contributed by atoms with van der Waals surface area (Å²) in [5, 5.41) is 0. The molecule has 0 fully saturated rings. The first-order valence-electron chi connectivity index (χ1n) is 12.8. The first-order chi connectivity index (χ1) is 14.8. The minimum atomic E-state index is -0.0570. The van der Waals surface area contributed by atoms with Crippen LogP contribution in [0.25, 0.3) is 0 Å². The van der Waals surface area contributed by atoms with E-state index in [0.29, 0.717) is 6.79 Å². The van der Waals surface area contributed by atoms with Crippen molar-refractivity contribution in [3.63, 3.8) is 0 Å². The summed E-state index contributed by atoms with van der Waals surface area (Å²) in [4.78, 5) is 0. The van der Waals surface area contributed by atoms with Crippen molar-refractivity contribution in [2.45, 2.75) is 129 Å². The van der Waals surface area contributed by atoms with Crippen LogP contribution in [0, 0.1) is 0 Å². The molecule has 0 amide bonds. The highest BCUT2D eigenvalue weighted by molar-refractivity contribution is 4.73. The quantitative estimate of drug-likeness (QED) is 0.0835. The Kier molecular flexibility index (Phi) is 25.9. The summed E-state index contributed by atoms with van der Waals surface area (Å²) < 4.78 is 22.2. The standard InChI is InChI=1S/C26H52O4/c1-4-6-8-10-12-14-19-23-29-26(21-17-16-18-22-28-25-27-3)30-24-20-15-13-11-9-7-5-2/h18,22,26H,4-17,19-21,23-25H2,1-3H3. The van der Waals surface area contributed by atoms with Crippen molar-refractivity contribution in [2.75, 3.05) is 27.1 Å². The van der Waals surface area contributed by atoms with Crippen molar-refractivity contribution in [2.24, 2.45) is 0 Å². The van der Waals surface area contributed by atoms with Gasteiger partial charge in [0.1, 0.15) is 0 Å². The third-order valence-corrected chi connectivity index (χ3v) is 5.29. The van der Waals surface area contributed by atoms with Gasteiger partial charge in [0.15, 0.2) is 13.1 Å². The fourth-order valence-electron chi connectivity index (χ4n) is 3.41. The Morgan fingerprint density at radius 3 is 1.63 bits per heavy atom. The maximum absolute atomic E-state index is 6.08. The van der Waals surface area contributed by atoms with Gasteiger partial charge in [0.05, 0.1) is 6.26 Å². The monoisotopic (exact) mass is 428 g/mol. The van der Waals surface area contributed by atoms with Gasteiger partial charge in [0.25, 0.3) is 0 Å². The van der Waals surface area contributed by atoms with E-state index in [1.807, 2.05) is 6.08 Å². The van der Waals surface area contributed by atoms with Gasteiger partial charge in [-0.05, 0) is 38.2 Å². The van der Waals surface area contributed by atoms with E-state index in [-0.39, 0.29) is 6.29 Å². The van der Waals surface area contributed by atoms with Crippen LogP contribution in [0.2, 0.25) is 0 Å². The Morgan fingerprint density at radius 1 is 0.633 bits per heavy atom. The summed E-state index contributed by atoms with van der Waals surface area (Å²) >= 11 is 0. The zero-order valence-corrected chi connectivity index (χ0v) is 20.5. The SMILES string of the molecule is CCCCCCCCCOC(CCCC=COCOC)OCCCCCCCCC. The van der Waals surface area contributed by atoms with Crippen LogP contribution in [0.5, 0.6) is 0 Å². The first-order valence-corrected chi connectivity index (χ1v) is 12.8. The maximum atomic E-state index is 6.08. The van der Waals surface area contributed by atoms with E-state index in [2.05, 4.69) is 13.8 Å². The fourth-order valence-corrected chi connectivity index (χ4v) is 3.41. The molecule has 0 bridgehead atoms. The minimum Gasteiger partial charge on any atom is -0.476 e. The molecule has 0 heterocycles. The zero-order valence-electron chi connectivity index (χ0n) is 20.5. The lowest BCUT2D eigenvalue weighted by molar-refractivity contribution is -0.147. The van der Waals surface area contributed by atoms with Gasteiger partial charge in [0.2, 0.25) is 0 Å². The molecule has 0 atom stereocenters. The van der Waals surface area contributed by atoms with Crippen LogP contribution in [-0.4, -0.2) is 33.4 Å². The molecule has 0 radical (unpaired) electrons. The number of methoxy groups -OCH3 is 1. The van der Waals surface area contributed by atoms with Gasteiger partial charge >= 0.3 is 0 Å². The minimum absolute atomic E-state index is 0.0570. The van der Waals surface area contributed by atoms with E-state index in [9.17, 15) is 0 Å². The predicted octanol–water partition coefficient (Wildman–Crippen LogP) is 8.15. The molecule has 0 aromatic heterocycles. The van der Waals surface area contributed by atoms with E-state index >= 15 is 0 Å². The van der Waals surface area contributed by atoms with E-state index in [1.54, 1.807) is 13.4 Å². The molecular weight excluding hydrogens is 376 g/mol. The van der Waals surface area contributed by atoms with Crippen LogP contribution in [0.3, 0.4) is 0 Å². The molecule has 0 aromatic carbocycles. The lowest BCUT2D eigenvalue weighted by Gasteiger charge is -2.18. The number of rotatable bonds is 25. The van der Waals surface area contributed by atoms with E-state index in [4.69, 9.17) is 18.9 Å². The van der Waals surface area contributed by atoms with Gasteiger partial charge in [-0.3, -0.25) is 0 Å². The normalized spacial score (nSPS) is 11.7. The van der Waals surface area contributed by atoms with E-state index in [0.717, 1.165) is 45.3 Å². The Labute approximate surface area is 188 Å². The molecule has 4 heteroatoms. The third kappa shape index (κ3) is 23.7. The molecule has 0 unspecified atom stereocenters. The summed E-state index contributed by atoms with van der Waals surface area (Å²) in [5.74, 6) is 0. The number of hydrogen-bond donors (Lipinski definition) is 0. The Hall–Kier alpha value is -0.580. The molecule has 30 heavy (non-hydrogen) atoms. The summed E-state index contributed by atoms with van der Waals surface area (Å²) in [7, 11) is 1.63. The van der Waals surface area contributed by atoms with Gasteiger partial charge in [-0.25, -0.2) is 0 Å². The Bertz CT molecular complexity index is 313. The zero-order chi connectivity index (χ0) is 22.0. The van der Waals surface area contributed by atoms with Crippen LogP contribution in [0.1, 0.15) is 123 Å². The molecule has 180 valence electrons. The fraction of sp³-hybridized carbons (Fsp3) is 0.923. The second-order valence-corrected chi connectivity index (χ2v) is 8.29. The number of allylic oxidation sites excluding steroid dienone is 1. The average Bonchev–Trinajstić information content (AvgIpc) is 2.76. The summed E-state index contributed by atoms with van der Waals surface area (Å²) in [6.07, 6.45) is 25.0. The van der Waals surface area contributed by atoms with Gasteiger partial charge in [-0.1, -0.05) is 90.9 Å². The van der Waals surface area contributed by atoms with E-state index < -0.39 is 0 Å². The molecule has 0 aliphatic heterocycles. The maximum Gasteiger partial charge on any atom is 0.187 e. The average molecular weight is 429 g/mol. The molecule has 0 aromatic rings. The van der Waals surface area contributed by atoms with Crippen LogP contribution in [0.15, 0.2) is 12.3 Å². The molecular formula is C26H52O4. The molecule has 0 N–H and O–H groups in total. The Morgan fingerprint density at radius 2 is 1.13 bits per heavy atom. The lowest BCUT2D eigenvalue weighted by Crippen LogP contribution is -2.19. The Balaban J connectivity index is 3.88. The second-order valence-electron chi connectivity index (χ2n) is 8.29. The largest absolute Gasteiger partial charge is 0.476 e. The van der Waals surface area contributed by atoms with Gasteiger partial charge in [-0.15, -0.1) is 0 Å². The van der Waals surface area contributed by atoms with Crippen LogP contribution < -0.4 is 0 Å². The van der Waals surface area contributed by atoms with Crippen molar-refractivity contribution in [3.8, 4) is 0 Å². The van der Waals surface area contributed by atoms with Crippen LogP contribution >= 0.6 is 0 Å². The van der Waals surface area contributed by atoms with Crippen molar-refractivity contribution in [1.29, 1.82) is 0 Å². The van der Waals surface area contributed by atoms with Crippen molar-refractivity contribution >= 4 is 0 Å². The topological polar surface area (TPSA) is 36.9 Å². The van der Waals surface area contributed by atoms with Gasteiger partial charge < -0.3 is 18.9 Å². The second kappa shape index (κ2) is 26.5. The first kappa shape index (κ1) is 29.4. The predicted molar refractivity (Wildman–Crippen MR) is 128 cm³/mol. The lowest BCUT2D eigenvalue weighted by atomic mass is 10.1. The molecule has 0 spiro atoms. The third-order valence-electron chi connectivity index (χ3n) is 5.29. The highest BCUT2D eigenvalue weighted by Gasteiger charge is 2.09. The smallest absolute Gasteiger partial charge is 0.187 e. The molecule has 0 saturated heterocycles. The highest BCUT2D eigenvalue weighted by atomic mass is 16.7. The highest BCUT2D eigenvalue weighted by Crippen LogP contribution is 2.13. The summed E-state index contributed by atoms with van der Waals surface area (Å²) in [6.45, 7) is 6.48. The van der Waals surface area contributed by atoms with Crippen LogP contribution in [-0.2, 0) is 18.9 Å². The van der Waals surface area contributed by atoms with Crippen molar-refractivity contribution < 1.29 is 18.9 Å². The number of ether oxygens (including phenoxy) is 4. The van der Waals surface area contributed by atoms with Crippen molar-refractivity contribution in [3.05, 3.63) is 12.3 Å².